The van der Waals surface area contributed by atoms with E-state index in [4.69, 9.17) is 9.47 Å². The summed E-state index contributed by atoms with van der Waals surface area (Å²) in [7, 11) is 3.63. The first-order valence-electron chi connectivity index (χ1n) is 13.3. The highest BCUT2D eigenvalue weighted by molar-refractivity contribution is 7.22. The number of carbonyl (C=O) groups excluding carboxylic acids is 1. The molecule has 0 amide bonds. The van der Waals surface area contributed by atoms with Crippen LogP contribution in [0.5, 0.6) is 5.75 Å². The average molecular weight is 607 g/mol. The number of benzene rings is 3. The van der Waals surface area contributed by atoms with Crippen LogP contribution in [0.15, 0.2) is 89.9 Å². The number of nitrogens with zero attached hydrogens (tertiary/aromatic N) is 2. The fourth-order valence-corrected chi connectivity index (χ4v) is 6.24. The van der Waals surface area contributed by atoms with Crippen LogP contribution >= 0.6 is 23.7 Å². The summed E-state index contributed by atoms with van der Waals surface area (Å²) in [6, 6.07) is 24.2. The number of esters is 1. The molecule has 5 rings (SSSR count). The van der Waals surface area contributed by atoms with E-state index in [1.165, 1.54) is 23.5 Å². The summed E-state index contributed by atoms with van der Waals surface area (Å²) in [4.78, 5) is 30.8. The van der Waals surface area contributed by atoms with Crippen molar-refractivity contribution in [2.24, 2.45) is 0 Å². The highest BCUT2D eigenvalue weighted by Gasteiger charge is 2.25. The fraction of sp³-hybridized carbons (Fsp3) is 0.212. The van der Waals surface area contributed by atoms with Gasteiger partial charge in [0.1, 0.15) is 22.0 Å². The van der Waals surface area contributed by atoms with Crippen molar-refractivity contribution in [1.82, 2.24) is 9.47 Å². The van der Waals surface area contributed by atoms with Crippen LogP contribution in [0.2, 0.25) is 0 Å². The molecule has 0 unspecified atom stereocenters. The van der Waals surface area contributed by atoms with E-state index in [0.717, 1.165) is 27.3 Å². The van der Waals surface area contributed by atoms with Gasteiger partial charge in [0, 0.05) is 30.7 Å². The number of aromatic nitrogens is 1. The number of ether oxygens (including phenoxy) is 2. The number of pyridine rings is 1. The summed E-state index contributed by atoms with van der Waals surface area (Å²) in [5.74, 6) is -0.292. The standard InChI is InChI=1S/C33H31FN2O4S.ClH/c1-4-40-33(38)28-21-36(19-23-11-8-12-25(34)17-23)32-29(30(28)37)27(20-35(2)18-22-9-6-5-7-10-22)31(41-32)24-13-15-26(39-3)16-14-24;/h5-17,21H,4,18-20H2,1-3H3;1H. The molecule has 0 aliphatic heterocycles. The Hall–Kier alpha value is -3.98. The van der Waals surface area contributed by atoms with Crippen LogP contribution < -0.4 is 10.2 Å². The van der Waals surface area contributed by atoms with Crippen LogP contribution in [0.3, 0.4) is 0 Å². The normalized spacial score (nSPS) is 11.0. The van der Waals surface area contributed by atoms with Crippen LogP contribution in [0.4, 0.5) is 4.39 Å². The lowest BCUT2D eigenvalue weighted by molar-refractivity contribution is 0.0524. The largest absolute Gasteiger partial charge is 0.497 e. The van der Waals surface area contributed by atoms with Crippen LogP contribution in [0.25, 0.3) is 20.7 Å². The van der Waals surface area contributed by atoms with Crippen molar-refractivity contribution in [2.45, 2.75) is 26.6 Å². The molecule has 2 aromatic heterocycles. The lowest BCUT2D eigenvalue weighted by Crippen LogP contribution is -2.23. The minimum atomic E-state index is -0.673. The molecular formula is C33H32ClFN2O4S. The molecule has 0 atom stereocenters. The van der Waals surface area contributed by atoms with E-state index in [0.29, 0.717) is 28.9 Å². The number of methoxy groups -OCH3 is 1. The molecule has 0 aliphatic carbocycles. The van der Waals surface area contributed by atoms with Gasteiger partial charge in [0.2, 0.25) is 5.43 Å². The van der Waals surface area contributed by atoms with Crippen molar-refractivity contribution in [3.63, 3.8) is 0 Å². The van der Waals surface area contributed by atoms with Crippen LogP contribution in [-0.2, 0) is 24.4 Å². The number of hydrogen-bond donors (Lipinski definition) is 0. The first-order valence-corrected chi connectivity index (χ1v) is 14.2. The second-order valence-corrected chi connectivity index (χ2v) is 10.8. The number of fused-ring (bicyclic) bond motifs is 1. The number of carbonyl (C=O) groups is 1. The number of thiophene rings is 1. The Kier molecular flexibility index (Phi) is 10.2. The third kappa shape index (κ3) is 6.73. The molecule has 9 heteroatoms. The van der Waals surface area contributed by atoms with E-state index < -0.39 is 5.97 Å². The Bertz CT molecular complexity index is 1740. The fourth-order valence-electron chi connectivity index (χ4n) is 4.95. The lowest BCUT2D eigenvalue weighted by atomic mass is 10.0. The molecule has 0 saturated heterocycles. The Morgan fingerprint density at radius 2 is 1.69 bits per heavy atom. The average Bonchev–Trinajstić information content (AvgIpc) is 3.34. The van der Waals surface area contributed by atoms with Crippen LogP contribution in [-0.4, -0.2) is 36.2 Å². The highest BCUT2D eigenvalue weighted by Crippen LogP contribution is 2.39. The maximum Gasteiger partial charge on any atom is 0.343 e. The molecule has 5 aromatic rings. The number of rotatable bonds is 10. The van der Waals surface area contributed by atoms with Gasteiger partial charge in [-0.25, -0.2) is 9.18 Å². The van der Waals surface area contributed by atoms with Crippen LogP contribution in [0, 0.1) is 5.82 Å². The highest BCUT2D eigenvalue weighted by atomic mass is 35.5. The summed E-state index contributed by atoms with van der Waals surface area (Å²) >= 11 is 1.49. The molecule has 6 nitrogen and oxygen atoms in total. The first-order chi connectivity index (χ1) is 19.9. The van der Waals surface area contributed by atoms with Crippen molar-refractivity contribution in [2.75, 3.05) is 20.8 Å². The second-order valence-electron chi connectivity index (χ2n) is 9.83. The van der Waals surface area contributed by atoms with Gasteiger partial charge in [0.15, 0.2) is 0 Å². The van der Waals surface area contributed by atoms with E-state index in [9.17, 15) is 14.0 Å². The van der Waals surface area contributed by atoms with Crippen molar-refractivity contribution in [3.05, 3.63) is 123 Å². The number of halogens is 2. The first kappa shape index (κ1) is 31.0. The quantitative estimate of drug-likeness (QED) is 0.158. The summed E-state index contributed by atoms with van der Waals surface area (Å²) in [5, 5.41) is 0.475. The molecule has 0 fully saturated rings. The minimum absolute atomic E-state index is 0. The molecule has 0 saturated carbocycles. The maximum absolute atomic E-state index is 14.1. The molecule has 0 bridgehead atoms. The van der Waals surface area contributed by atoms with E-state index in [1.807, 2.05) is 60.1 Å². The molecule has 2 heterocycles. The monoisotopic (exact) mass is 606 g/mol. The van der Waals surface area contributed by atoms with Gasteiger partial charge in [0.05, 0.1) is 19.1 Å². The zero-order chi connectivity index (χ0) is 28.9. The Morgan fingerprint density at radius 3 is 2.36 bits per heavy atom. The van der Waals surface area contributed by atoms with E-state index in [-0.39, 0.29) is 42.4 Å². The molecule has 42 heavy (non-hydrogen) atoms. The molecule has 218 valence electrons. The summed E-state index contributed by atoms with van der Waals surface area (Å²) in [6.45, 7) is 3.28. The van der Waals surface area contributed by atoms with Gasteiger partial charge >= 0.3 is 5.97 Å². The van der Waals surface area contributed by atoms with Gasteiger partial charge in [-0.15, -0.1) is 23.7 Å². The summed E-state index contributed by atoms with van der Waals surface area (Å²) in [5.41, 5.74) is 3.22. The van der Waals surface area contributed by atoms with Gasteiger partial charge in [-0.3, -0.25) is 9.69 Å². The van der Waals surface area contributed by atoms with E-state index >= 15 is 0 Å². The van der Waals surface area contributed by atoms with Crippen molar-refractivity contribution in [1.29, 1.82) is 0 Å². The predicted molar refractivity (Wildman–Crippen MR) is 168 cm³/mol. The zero-order valence-electron chi connectivity index (χ0n) is 23.6. The van der Waals surface area contributed by atoms with Gasteiger partial charge in [-0.2, -0.15) is 0 Å². The smallest absolute Gasteiger partial charge is 0.343 e. The summed E-state index contributed by atoms with van der Waals surface area (Å²) < 4.78 is 26.6. The molecule has 0 spiro atoms. The Morgan fingerprint density at radius 1 is 0.976 bits per heavy atom. The van der Waals surface area contributed by atoms with E-state index in [1.54, 1.807) is 26.3 Å². The molecule has 3 aromatic carbocycles. The van der Waals surface area contributed by atoms with Crippen LogP contribution in [0.1, 0.15) is 34.0 Å². The van der Waals surface area contributed by atoms with Crippen molar-refractivity contribution < 1.29 is 18.7 Å². The summed E-state index contributed by atoms with van der Waals surface area (Å²) in [6.07, 6.45) is 1.54. The van der Waals surface area contributed by atoms with Crippen molar-refractivity contribution >= 4 is 39.9 Å². The zero-order valence-corrected chi connectivity index (χ0v) is 25.3. The van der Waals surface area contributed by atoms with Gasteiger partial charge in [-0.05, 0) is 72.6 Å². The topological polar surface area (TPSA) is 60.8 Å². The SMILES string of the molecule is CCOC(=O)c1cn(Cc2cccc(F)c2)c2sc(-c3ccc(OC)cc3)c(CN(C)Cc3ccccc3)c2c1=O.Cl. The third-order valence-corrected chi connectivity index (χ3v) is 8.14. The molecular weight excluding hydrogens is 575 g/mol. The predicted octanol–water partition coefficient (Wildman–Crippen LogP) is 7.16. The molecule has 0 aliphatic rings. The maximum atomic E-state index is 14.1. The Balaban J connectivity index is 0.00000405. The van der Waals surface area contributed by atoms with Gasteiger partial charge < -0.3 is 14.0 Å². The van der Waals surface area contributed by atoms with E-state index in [2.05, 4.69) is 17.0 Å². The Labute approximate surface area is 254 Å². The second kappa shape index (κ2) is 13.8. The van der Waals surface area contributed by atoms with Gasteiger partial charge in [0.25, 0.3) is 0 Å². The number of hydrogen-bond acceptors (Lipinski definition) is 6. The van der Waals surface area contributed by atoms with Crippen molar-refractivity contribution in [3.8, 4) is 16.2 Å². The molecule has 0 N–H and O–H groups in total. The molecule has 0 radical (unpaired) electrons. The van der Waals surface area contributed by atoms with Gasteiger partial charge in [-0.1, -0.05) is 42.5 Å². The third-order valence-electron chi connectivity index (χ3n) is 6.82. The minimum Gasteiger partial charge on any atom is -0.497 e. The lowest BCUT2D eigenvalue weighted by Gasteiger charge is -2.18.